The van der Waals surface area contributed by atoms with Crippen molar-refractivity contribution in [1.29, 1.82) is 0 Å². The van der Waals surface area contributed by atoms with Crippen molar-refractivity contribution in [1.82, 2.24) is 29.7 Å². The number of amides is 2. The summed E-state index contributed by atoms with van der Waals surface area (Å²) in [5, 5.41) is 14.8. The Bertz CT molecular complexity index is 1470. The van der Waals surface area contributed by atoms with Gasteiger partial charge in [0.1, 0.15) is 11.8 Å². The second-order valence-electron chi connectivity index (χ2n) is 8.29. The van der Waals surface area contributed by atoms with E-state index in [0.29, 0.717) is 34.9 Å². The number of pyridine rings is 2. The Hall–Kier alpha value is -3.61. The molecule has 1 aliphatic heterocycles. The Morgan fingerprint density at radius 3 is 2.78 bits per heavy atom. The standard InChI is InChI=1S/C24H24ClN7O4S/c1-14-10-15-5-7-28-31(15)21(24(34)27-8-9-35-2)20(14)29-23(33)18-11-19(36-16-12-37-13-16)30-32(18)22-17(25)4-3-6-26-22/h3-7,10-11,16H,8-9,12-13H2,1-2H3,(H,27,34)(H,29,33). The van der Waals surface area contributed by atoms with Gasteiger partial charge in [-0.2, -0.15) is 16.9 Å². The zero-order valence-corrected chi connectivity index (χ0v) is 21.7. The molecule has 1 saturated heterocycles. The van der Waals surface area contributed by atoms with Crippen LogP contribution in [0.3, 0.4) is 0 Å². The predicted octanol–water partition coefficient (Wildman–Crippen LogP) is 3.00. The molecule has 11 nitrogen and oxygen atoms in total. The highest BCUT2D eigenvalue weighted by Crippen LogP contribution is 2.28. The normalized spacial score (nSPS) is 13.4. The largest absolute Gasteiger partial charge is 0.472 e. The average molecular weight is 542 g/mol. The van der Waals surface area contributed by atoms with Gasteiger partial charge in [0.15, 0.2) is 11.5 Å². The van der Waals surface area contributed by atoms with Crippen molar-refractivity contribution >= 4 is 46.4 Å². The van der Waals surface area contributed by atoms with Gasteiger partial charge in [0, 0.05) is 37.4 Å². The quantitative estimate of drug-likeness (QED) is 0.310. The number of ether oxygens (including phenoxy) is 2. The molecule has 0 radical (unpaired) electrons. The number of hydrogen-bond acceptors (Lipinski definition) is 8. The van der Waals surface area contributed by atoms with E-state index >= 15 is 0 Å². The second kappa shape index (κ2) is 10.8. The Kier molecular flexibility index (Phi) is 7.31. The maximum Gasteiger partial charge on any atom is 0.274 e. The fourth-order valence-corrected chi connectivity index (χ4v) is 4.58. The highest BCUT2D eigenvalue weighted by molar-refractivity contribution is 8.00. The molecule has 0 spiro atoms. The predicted molar refractivity (Wildman–Crippen MR) is 140 cm³/mol. The van der Waals surface area contributed by atoms with Crippen molar-refractivity contribution in [2.75, 3.05) is 37.1 Å². The first-order valence-corrected chi connectivity index (χ1v) is 13.0. The van der Waals surface area contributed by atoms with Crippen molar-refractivity contribution in [2.24, 2.45) is 0 Å². The molecule has 5 rings (SSSR count). The van der Waals surface area contributed by atoms with Crippen molar-refractivity contribution in [3.8, 4) is 11.7 Å². The van der Waals surface area contributed by atoms with Crippen LogP contribution in [0.4, 0.5) is 5.69 Å². The molecule has 13 heteroatoms. The van der Waals surface area contributed by atoms with Gasteiger partial charge < -0.3 is 20.1 Å². The van der Waals surface area contributed by atoms with Gasteiger partial charge >= 0.3 is 0 Å². The lowest BCUT2D eigenvalue weighted by molar-refractivity contribution is 0.0930. The number of carbonyl (C=O) groups excluding carboxylic acids is 2. The van der Waals surface area contributed by atoms with Crippen LogP contribution >= 0.6 is 23.4 Å². The molecular formula is C24H24ClN7O4S. The molecule has 2 N–H and O–H groups in total. The van der Waals surface area contributed by atoms with Gasteiger partial charge in [-0.1, -0.05) is 11.6 Å². The molecule has 1 fully saturated rings. The minimum Gasteiger partial charge on any atom is -0.472 e. The summed E-state index contributed by atoms with van der Waals surface area (Å²) >= 11 is 8.15. The van der Waals surface area contributed by atoms with Gasteiger partial charge in [-0.25, -0.2) is 14.2 Å². The number of aromatic nitrogens is 5. The fourth-order valence-electron chi connectivity index (χ4n) is 3.82. The van der Waals surface area contributed by atoms with Crippen molar-refractivity contribution in [2.45, 2.75) is 13.0 Å². The summed E-state index contributed by atoms with van der Waals surface area (Å²) in [7, 11) is 1.55. The van der Waals surface area contributed by atoms with E-state index in [1.165, 1.54) is 9.20 Å². The first-order chi connectivity index (χ1) is 18.0. The molecule has 0 atom stereocenters. The van der Waals surface area contributed by atoms with E-state index in [1.54, 1.807) is 55.5 Å². The summed E-state index contributed by atoms with van der Waals surface area (Å²) < 4.78 is 13.8. The molecular weight excluding hydrogens is 518 g/mol. The van der Waals surface area contributed by atoms with Crippen LogP contribution in [0.15, 0.2) is 42.7 Å². The molecule has 37 heavy (non-hydrogen) atoms. The highest BCUT2D eigenvalue weighted by atomic mass is 35.5. The van der Waals surface area contributed by atoms with Gasteiger partial charge in [-0.05, 0) is 36.8 Å². The molecule has 4 aromatic heterocycles. The van der Waals surface area contributed by atoms with Crippen LogP contribution in [0.1, 0.15) is 26.5 Å². The maximum atomic E-state index is 13.7. The lowest BCUT2D eigenvalue weighted by Gasteiger charge is -2.24. The van der Waals surface area contributed by atoms with E-state index in [9.17, 15) is 9.59 Å². The molecule has 4 aromatic rings. The third kappa shape index (κ3) is 5.13. The minimum absolute atomic E-state index is 0.0235. The first kappa shape index (κ1) is 25.1. The van der Waals surface area contributed by atoms with Crippen LogP contribution in [-0.2, 0) is 4.74 Å². The summed E-state index contributed by atoms with van der Waals surface area (Å²) in [6.07, 6.45) is 3.17. The van der Waals surface area contributed by atoms with Crippen LogP contribution in [0.25, 0.3) is 11.3 Å². The summed E-state index contributed by atoms with van der Waals surface area (Å²) in [5.41, 5.74) is 2.05. The smallest absolute Gasteiger partial charge is 0.274 e. The van der Waals surface area contributed by atoms with Crippen molar-refractivity contribution < 1.29 is 19.1 Å². The van der Waals surface area contributed by atoms with Crippen LogP contribution in [0, 0.1) is 6.92 Å². The van der Waals surface area contributed by atoms with E-state index in [2.05, 4.69) is 25.8 Å². The van der Waals surface area contributed by atoms with E-state index in [-0.39, 0.29) is 29.2 Å². The molecule has 0 saturated carbocycles. The SMILES string of the molecule is COCCNC(=O)c1c(NC(=O)c2cc(OC3CSC3)nn2-c2ncccc2Cl)c(C)cc2ccnn12. The van der Waals surface area contributed by atoms with Gasteiger partial charge in [0.05, 0.1) is 29.0 Å². The first-order valence-electron chi connectivity index (χ1n) is 11.5. The summed E-state index contributed by atoms with van der Waals surface area (Å²) in [5.74, 6) is 1.34. The lowest BCUT2D eigenvalue weighted by atomic mass is 10.1. The van der Waals surface area contributed by atoms with Gasteiger partial charge in [-0.15, -0.1) is 5.10 Å². The number of hydrogen-bond donors (Lipinski definition) is 2. The second-order valence-corrected chi connectivity index (χ2v) is 9.77. The third-order valence-electron chi connectivity index (χ3n) is 5.68. The van der Waals surface area contributed by atoms with Gasteiger partial charge in [0.25, 0.3) is 11.8 Å². The number of nitrogens with zero attached hydrogens (tertiary/aromatic N) is 5. The lowest BCUT2D eigenvalue weighted by Crippen LogP contribution is -2.31. The van der Waals surface area contributed by atoms with E-state index in [0.717, 1.165) is 11.5 Å². The fraction of sp³-hybridized carbons (Fsp3) is 0.292. The Balaban J connectivity index is 1.53. The Labute approximate surface area is 221 Å². The Morgan fingerprint density at radius 2 is 2.05 bits per heavy atom. The zero-order chi connectivity index (χ0) is 25.9. The average Bonchev–Trinajstić information content (AvgIpc) is 3.49. The van der Waals surface area contributed by atoms with Crippen molar-refractivity contribution in [3.05, 3.63) is 64.7 Å². The topological polar surface area (TPSA) is 125 Å². The molecule has 5 heterocycles. The number of methoxy groups -OCH3 is 1. The number of thioether (sulfide) groups is 1. The molecule has 2 amide bonds. The van der Waals surface area contributed by atoms with Crippen LogP contribution in [0.5, 0.6) is 5.88 Å². The third-order valence-corrected chi connectivity index (χ3v) is 7.19. The molecule has 0 unspecified atom stereocenters. The summed E-state index contributed by atoms with van der Waals surface area (Å²) in [4.78, 5) is 31.2. The molecule has 1 aliphatic rings. The van der Waals surface area contributed by atoms with Gasteiger partial charge in [-0.3, -0.25) is 9.59 Å². The molecule has 0 aromatic carbocycles. The number of aryl methyl sites for hydroxylation is 1. The molecule has 192 valence electrons. The van der Waals surface area contributed by atoms with E-state index < -0.39 is 11.8 Å². The number of carbonyl (C=O) groups is 2. The monoisotopic (exact) mass is 541 g/mol. The Morgan fingerprint density at radius 1 is 1.22 bits per heavy atom. The molecule has 0 aliphatic carbocycles. The zero-order valence-electron chi connectivity index (χ0n) is 20.1. The van der Waals surface area contributed by atoms with E-state index in [1.807, 2.05) is 13.0 Å². The highest BCUT2D eigenvalue weighted by Gasteiger charge is 2.27. The minimum atomic E-state index is -0.521. The van der Waals surface area contributed by atoms with E-state index in [4.69, 9.17) is 21.1 Å². The summed E-state index contributed by atoms with van der Waals surface area (Å²) in [6, 6.07) is 8.52. The van der Waals surface area contributed by atoms with Crippen LogP contribution in [-0.4, -0.2) is 74.1 Å². The molecule has 0 bridgehead atoms. The number of halogens is 1. The number of fused-ring (bicyclic) bond motifs is 1. The van der Waals surface area contributed by atoms with Gasteiger partial charge in [0.2, 0.25) is 5.88 Å². The van der Waals surface area contributed by atoms with Crippen LogP contribution in [0.2, 0.25) is 5.02 Å². The van der Waals surface area contributed by atoms with Crippen LogP contribution < -0.4 is 15.4 Å². The number of nitrogens with one attached hydrogen (secondary N) is 2. The number of rotatable bonds is 9. The maximum absolute atomic E-state index is 13.7. The summed E-state index contributed by atoms with van der Waals surface area (Å²) in [6.45, 7) is 2.45. The number of anilines is 1. The van der Waals surface area contributed by atoms with Crippen molar-refractivity contribution in [3.63, 3.8) is 0 Å².